The second kappa shape index (κ2) is 32.0. The number of nitrogens with one attached hydrogen (secondary N) is 3. The standard InChI is InChI=1S/C55H90N8O7S2/c1-11-15-19-23-25-29-36-61(35-27-21-17-13-3)53(64)43-31-33-45(54(65)62(37-28-22-18-14-4)38-30-26-24-20-16-12-2)47(39-43)69-71(66)59-44-32-34-46(68-10)48(40-44)70-72(67)60-51(42(5)6)52-57-56-50-41-49(55(7,8)9)58-63(50)52/h31-34,39-42,51,58-60H,11-30,35-38H2,1-10H3. The monoisotopic (exact) mass is 1040 g/mol. The van der Waals surface area contributed by atoms with E-state index in [1.165, 1.54) is 51.7 Å². The summed E-state index contributed by atoms with van der Waals surface area (Å²) < 4.78 is 53.4. The third-order valence-electron chi connectivity index (χ3n) is 13.1. The van der Waals surface area contributed by atoms with Gasteiger partial charge in [-0.25, -0.2) is 4.52 Å². The molecule has 2 heterocycles. The van der Waals surface area contributed by atoms with Gasteiger partial charge in [-0.15, -0.1) is 10.2 Å². The molecule has 2 aromatic carbocycles. The molecule has 3 unspecified atom stereocenters. The number of hydrogen-bond acceptors (Lipinski definition) is 9. The van der Waals surface area contributed by atoms with Crippen LogP contribution in [0.5, 0.6) is 17.2 Å². The van der Waals surface area contributed by atoms with Gasteiger partial charge in [-0.2, -0.15) is 13.1 Å². The number of hydrogen-bond donors (Lipinski definition) is 3. The number of aromatic nitrogens is 4. The van der Waals surface area contributed by atoms with E-state index in [-0.39, 0.29) is 46.0 Å². The number of carbonyl (C=O) groups excluding carboxylic acids is 2. The third-order valence-corrected chi connectivity index (χ3v) is 14.6. The molecule has 0 aliphatic carbocycles. The zero-order valence-corrected chi connectivity index (χ0v) is 47.2. The molecule has 2 amide bonds. The van der Waals surface area contributed by atoms with Crippen LogP contribution in [-0.2, 0) is 27.9 Å². The van der Waals surface area contributed by atoms with Crippen LogP contribution in [0.3, 0.4) is 0 Å². The molecule has 2 aromatic heterocycles. The molecule has 4 aromatic rings. The van der Waals surface area contributed by atoms with Crippen LogP contribution in [0.15, 0.2) is 42.5 Å². The van der Waals surface area contributed by atoms with E-state index in [0.717, 1.165) is 95.6 Å². The Labute approximate surface area is 437 Å². The summed E-state index contributed by atoms with van der Waals surface area (Å²) in [5.74, 6) is 0.571. The molecule has 0 bridgehead atoms. The number of ether oxygens (including phenoxy) is 1. The first kappa shape index (κ1) is 60.1. The van der Waals surface area contributed by atoms with Gasteiger partial charge in [0.25, 0.3) is 23.1 Å². The van der Waals surface area contributed by atoms with Gasteiger partial charge in [0.1, 0.15) is 0 Å². The van der Waals surface area contributed by atoms with Gasteiger partial charge in [0.2, 0.25) is 0 Å². The van der Waals surface area contributed by atoms with E-state index >= 15 is 0 Å². The average Bonchev–Trinajstić information content (AvgIpc) is 3.96. The van der Waals surface area contributed by atoms with E-state index in [9.17, 15) is 18.0 Å². The Morgan fingerprint density at radius 2 is 1.15 bits per heavy atom. The highest BCUT2D eigenvalue weighted by Gasteiger charge is 2.29. The fourth-order valence-electron chi connectivity index (χ4n) is 8.59. The Morgan fingerprint density at radius 1 is 0.639 bits per heavy atom. The minimum Gasteiger partial charge on any atom is -0.493 e. The fraction of sp³-hybridized carbons (Fsp3) is 0.673. The summed E-state index contributed by atoms with van der Waals surface area (Å²) in [6.07, 6.45) is 21.5. The summed E-state index contributed by atoms with van der Waals surface area (Å²) in [5.41, 5.74) is 2.40. The summed E-state index contributed by atoms with van der Waals surface area (Å²) in [6.45, 7) is 21.5. The van der Waals surface area contributed by atoms with Gasteiger partial charge in [-0.1, -0.05) is 165 Å². The Bertz CT molecular complexity index is 2280. The quantitative estimate of drug-likeness (QED) is 0.0372. The zero-order valence-electron chi connectivity index (χ0n) is 45.6. The summed E-state index contributed by atoms with van der Waals surface area (Å²) in [7, 11) is 1.47. The first-order valence-corrected chi connectivity index (χ1v) is 29.4. The molecular formula is C55H90N8O7S2. The van der Waals surface area contributed by atoms with Crippen molar-refractivity contribution in [3.63, 3.8) is 0 Å². The number of carbonyl (C=O) groups is 2. The van der Waals surface area contributed by atoms with E-state index in [2.05, 4.69) is 73.2 Å². The third kappa shape index (κ3) is 19.4. The lowest BCUT2D eigenvalue weighted by atomic mass is 9.93. The maximum absolute atomic E-state index is 14.7. The second-order valence-electron chi connectivity index (χ2n) is 20.6. The number of H-pyrrole nitrogens is 1. The van der Waals surface area contributed by atoms with Crippen LogP contribution in [0, 0.1) is 5.92 Å². The number of anilines is 1. The highest BCUT2D eigenvalue weighted by atomic mass is 32.2. The molecule has 3 atom stereocenters. The highest BCUT2D eigenvalue weighted by molar-refractivity contribution is 7.82. The molecule has 0 fully saturated rings. The number of unbranched alkanes of at least 4 members (excludes halogenated alkanes) is 16. The van der Waals surface area contributed by atoms with Gasteiger partial charge in [-0.05, 0) is 61.9 Å². The Hall–Kier alpha value is -4.48. The smallest absolute Gasteiger partial charge is 0.316 e. The maximum atomic E-state index is 14.7. The minimum atomic E-state index is -2.27. The molecule has 0 aliphatic heterocycles. The Morgan fingerprint density at radius 3 is 1.68 bits per heavy atom. The van der Waals surface area contributed by atoms with E-state index in [1.807, 2.05) is 29.7 Å². The van der Waals surface area contributed by atoms with Crippen LogP contribution in [0.4, 0.5) is 5.69 Å². The number of nitrogens with zero attached hydrogens (tertiary/aromatic N) is 5. The van der Waals surface area contributed by atoms with Crippen LogP contribution in [0.25, 0.3) is 5.65 Å². The van der Waals surface area contributed by atoms with Crippen LogP contribution >= 0.6 is 0 Å². The lowest BCUT2D eigenvalue weighted by molar-refractivity contribution is 0.0735. The van der Waals surface area contributed by atoms with Crippen LogP contribution < -0.4 is 22.5 Å². The number of amides is 2. The van der Waals surface area contributed by atoms with Crippen molar-refractivity contribution in [1.82, 2.24) is 34.3 Å². The lowest BCUT2D eigenvalue weighted by Gasteiger charge is -2.25. The van der Waals surface area contributed by atoms with Crippen molar-refractivity contribution in [2.75, 3.05) is 38.0 Å². The number of aromatic amines is 1. The number of fused-ring (bicyclic) bond motifs is 1. The number of rotatable bonds is 37. The fourth-order valence-corrected chi connectivity index (χ4v) is 10.2. The molecule has 0 spiro atoms. The molecule has 15 nitrogen and oxygen atoms in total. The topological polar surface area (TPSA) is 172 Å². The lowest BCUT2D eigenvalue weighted by Crippen LogP contribution is -2.34. The molecule has 0 radical (unpaired) electrons. The predicted molar refractivity (Wildman–Crippen MR) is 294 cm³/mol. The van der Waals surface area contributed by atoms with Gasteiger partial charge in [0.15, 0.2) is 28.7 Å². The average molecular weight is 1040 g/mol. The number of benzene rings is 2. The maximum Gasteiger partial charge on any atom is 0.316 e. The van der Waals surface area contributed by atoms with Crippen LogP contribution in [0.2, 0.25) is 0 Å². The largest absolute Gasteiger partial charge is 0.493 e. The van der Waals surface area contributed by atoms with Crippen molar-refractivity contribution in [2.45, 2.75) is 202 Å². The van der Waals surface area contributed by atoms with Crippen molar-refractivity contribution < 1.29 is 31.1 Å². The van der Waals surface area contributed by atoms with E-state index in [1.54, 1.807) is 34.8 Å². The first-order chi connectivity index (χ1) is 34.6. The SMILES string of the molecule is CCCCCCCCN(CCCCCC)C(=O)c1ccc(C(=O)N(CCCCCC)CCCCCCCC)c(OS(=O)Nc2ccc(OC)c(OS(=O)NC(c3nnc4cc(C(C)(C)C)[nH]n34)C(C)C)c2)c1. The van der Waals surface area contributed by atoms with Gasteiger partial charge >= 0.3 is 11.3 Å². The van der Waals surface area contributed by atoms with Crippen molar-refractivity contribution in [3.8, 4) is 17.2 Å². The summed E-state index contributed by atoms with van der Waals surface area (Å²) in [5, 5.41) is 12.2. The Balaban J connectivity index is 1.62. The van der Waals surface area contributed by atoms with Crippen molar-refractivity contribution in [1.29, 1.82) is 0 Å². The molecule has 72 heavy (non-hydrogen) atoms. The van der Waals surface area contributed by atoms with Gasteiger partial charge in [0.05, 0.1) is 24.4 Å². The van der Waals surface area contributed by atoms with Gasteiger partial charge in [-0.3, -0.25) is 19.4 Å². The van der Waals surface area contributed by atoms with Gasteiger partial charge < -0.3 is 22.9 Å². The first-order valence-electron chi connectivity index (χ1n) is 27.2. The highest BCUT2D eigenvalue weighted by Crippen LogP contribution is 2.33. The van der Waals surface area contributed by atoms with Crippen molar-refractivity contribution >= 4 is 45.7 Å². The molecular weight excluding hydrogens is 949 g/mol. The molecule has 0 aliphatic rings. The second-order valence-corrected chi connectivity index (χ2v) is 22.3. The van der Waals surface area contributed by atoms with E-state index < -0.39 is 28.6 Å². The predicted octanol–water partition coefficient (Wildman–Crippen LogP) is 13.1. The molecule has 404 valence electrons. The molecule has 17 heteroatoms. The molecule has 0 saturated carbocycles. The van der Waals surface area contributed by atoms with Crippen molar-refractivity contribution in [3.05, 3.63) is 65.1 Å². The molecule has 4 rings (SSSR count). The molecule has 3 N–H and O–H groups in total. The summed E-state index contributed by atoms with van der Waals surface area (Å²) >= 11 is -4.37. The minimum absolute atomic E-state index is 0.0537. The van der Waals surface area contributed by atoms with Gasteiger partial charge in [0, 0.05) is 55.0 Å². The van der Waals surface area contributed by atoms with Crippen LogP contribution in [-0.4, -0.2) is 83.1 Å². The molecule has 0 saturated heterocycles. The summed E-state index contributed by atoms with van der Waals surface area (Å²) in [4.78, 5) is 32.9. The van der Waals surface area contributed by atoms with Crippen LogP contribution in [0.1, 0.15) is 229 Å². The van der Waals surface area contributed by atoms with E-state index in [4.69, 9.17) is 13.1 Å². The zero-order chi connectivity index (χ0) is 52.5. The van der Waals surface area contributed by atoms with Crippen molar-refractivity contribution in [2.24, 2.45) is 5.92 Å². The number of methoxy groups -OCH3 is 1. The normalized spacial score (nSPS) is 13.0. The van der Waals surface area contributed by atoms with E-state index in [0.29, 0.717) is 48.9 Å². The Kier molecular flexibility index (Phi) is 26.7. The summed E-state index contributed by atoms with van der Waals surface area (Å²) in [6, 6.07) is 11.1.